The Morgan fingerprint density at radius 2 is 2.17 bits per heavy atom. The lowest BCUT2D eigenvalue weighted by molar-refractivity contribution is 0.0677. The van der Waals surface area contributed by atoms with E-state index in [1.165, 1.54) is 12.8 Å². The van der Waals surface area contributed by atoms with Gasteiger partial charge in [0.25, 0.3) is 5.91 Å². The van der Waals surface area contributed by atoms with Gasteiger partial charge < -0.3 is 4.90 Å². The Hall–Kier alpha value is -2.68. The molecule has 1 atom stereocenters. The Labute approximate surface area is 135 Å². The second-order valence-electron chi connectivity index (χ2n) is 5.88. The number of carbonyl (C=O) groups is 1. The average molecular weight is 309 g/mol. The van der Waals surface area contributed by atoms with Gasteiger partial charge in [0.2, 0.25) is 0 Å². The monoisotopic (exact) mass is 309 g/mol. The third-order valence-corrected chi connectivity index (χ3v) is 4.32. The molecule has 0 saturated heterocycles. The molecule has 0 radical (unpaired) electrons. The molecule has 23 heavy (non-hydrogen) atoms. The van der Waals surface area contributed by atoms with Crippen LogP contribution in [0.15, 0.2) is 36.7 Å². The van der Waals surface area contributed by atoms with E-state index in [4.69, 9.17) is 5.26 Å². The van der Waals surface area contributed by atoms with Gasteiger partial charge in [-0.05, 0) is 49.9 Å². The van der Waals surface area contributed by atoms with E-state index >= 15 is 0 Å². The van der Waals surface area contributed by atoms with Gasteiger partial charge in [-0.15, -0.1) is 5.10 Å². The van der Waals surface area contributed by atoms with Crippen molar-refractivity contribution in [2.75, 3.05) is 6.54 Å². The highest BCUT2D eigenvalue weighted by atomic mass is 16.2. The highest BCUT2D eigenvalue weighted by Crippen LogP contribution is 2.35. The minimum atomic E-state index is -0.00945. The number of benzene rings is 1. The summed E-state index contributed by atoms with van der Waals surface area (Å²) in [7, 11) is 0. The summed E-state index contributed by atoms with van der Waals surface area (Å²) >= 11 is 0. The standard InChI is InChI=1S/C17H19N5O/c1-13(14-3-4-14)21(11-2-9-18)17(23)15-5-7-16(8-6-15)22-12-10-19-20-22/h5-8,10,12-14H,2-4,11H2,1H3. The quantitative estimate of drug-likeness (QED) is 0.821. The molecule has 0 spiro atoms. The van der Waals surface area contributed by atoms with Crippen molar-refractivity contribution in [1.82, 2.24) is 19.9 Å². The molecule has 0 bridgehead atoms. The maximum atomic E-state index is 12.8. The predicted octanol–water partition coefficient (Wildman–Crippen LogP) is 2.42. The van der Waals surface area contributed by atoms with Crippen LogP contribution in [0.3, 0.4) is 0 Å². The molecule has 1 heterocycles. The molecule has 1 aliphatic carbocycles. The lowest BCUT2D eigenvalue weighted by atomic mass is 10.1. The first kappa shape index (κ1) is 15.2. The average Bonchev–Trinajstić information content (AvgIpc) is 3.29. The van der Waals surface area contributed by atoms with Crippen molar-refractivity contribution in [2.45, 2.75) is 32.2 Å². The molecule has 1 aromatic heterocycles. The van der Waals surface area contributed by atoms with Crippen LogP contribution in [-0.2, 0) is 0 Å². The van der Waals surface area contributed by atoms with Crippen LogP contribution in [0.25, 0.3) is 5.69 Å². The Morgan fingerprint density at radius 1 is 1.43 bits per heavy atom. The van der Waals surface area contributed by atoms with Crippen LogP contribution in [0.4, 0.5) is 0 Å². The van der Waals surface area contributed by atoms with Gasteiger partial charge in [0.1, 0.15) is 0 Å². The molecule has 118 valence electrons. The van der Waals surface area contributed by atoms with Gasteiger partial charge in [0.05, 0.1) is 30.6 Å². The molecule has 6 nitrogen and oxygen atoms in total. The number of hydrogen-bond donors (Lipinski definition) is 0. The zero-order chi connectivity index (χ0) is 16.2. The molecule has 6 heteroatoms. The van der Waals surface area contributed by atoms with E-state index in [-0.39, 0.29) is 11.9 Å². The minimum absolute atomic E-state index is 0.00945. The van der Waals surface area contributed by atoms with Crippen molar-refractivity contribution in [3.63, 3.8) is 0 Å². The Morgan fingerprint density at radius 3 is 2.74 bits per heavy atom. The predicted molar refractivity (Wildman–Crippen MR) is 84.8 cm³/mol. The van der Waals surface area contributed by atoms with Gasteiger partial charge in [0.15, 0.2) is 0 Å². The van der Waals surface area contributed by atoms with E-state index in [2.05, 4.69) is 23.3 Å². The Bertz CT molecular complexity index is 698. The maximum Gasteiger partial charge on any atom is 0.254 e. The van der Waals surface area contributed by atoms with Crippen molar-refractivity contribution in [2.24, 2.45) is 5.92 Å². The number of hydrogen-bond acceptors (Lipinski definition) is 4. The summed E-state index contributed by atoms with van der Waals surface area (Å²) < 4.78 is 1.65. The number of carbonyl (C=O) groups excluding carboxylic acids is 1. The highest BCUT2D eigenvalue weighted by molar-refractivity contribution is 5.94. The number of rotatable bonds is 6. The van der Waals surface area contributed by atoms with E-state index in [0.29, 0.717) is 24.4 Å². The molecule has 0 N–H and O–H groups in total. The maximum absolute atomic E-state index is 12.8. The smallest absolute Gasteiger partial charge is 0.254 e. The topological polar surface area (TPSA) is 74.8 Å². The van der Waals surface area contributed by atoms with E-state index in [9.17, 15) is 4.79 Å². The second-order valence-corrected chi connectivity index (χ2v) is 5.88. The molecular weight excluding hydrogens is 290 g/mol. The third-order valence-electron chi connectivity index (χ3n) is 4.32. The van der Waals surface area contributed by atoms with Gasteiger partial charge in [-0.1, -0.05) is 5.21 Å². The van der Waals surface area contributed by atoms with Gasteiger partial charge in [0, 0.05) is 18.2 Å². The summed E-state index contributed by atoms with van der Waals surface area (Å²) in [6.07, 6.45) is 6.07. The fourth-order valence-corrected chi connectivity index (χ4v) is 2.76. The van der Waals surface area contributed by atoms with Crippen LogP contribution >= 0.6 is 0 Å². The van der Waals surface area contributed by atoms with Crippen molar-refractivity contribution in [1.29, 1.82) is 5.26 Å². The summed E-state index contributed by atoms with van der Waals surface area (Å²) in [6.45, 7) is 2.56. The van der Waals surface area contributed by atoms with E-state index in [1.807, 2.05) is 17.0 Å². The third kappa shape index (κ3) is 3.39. The van der Waals surface area contributed by atoms with Gasteiger partial charge in [-0.2, -0.15) is 5.26 Å². The summed E-state index contributed by atoms with van der Waals surface area (Å²) in [5.74, 6) is 0.567. The van der Waals surface area contributed by atoms with Gasteiger partial charge >= 0.3 is 0 Å². The van der Waals surface area contributed by atoms with Crippen LogP contribution in [0.2, 0.25) is 0 Å². The lowest BCUT2D eigenvalue weighted by Gasteiger charge is -2.29. The van der Waals surface area contributed by atoms with Crippen molar-refractivity contribution in [3.05, 3.63) is 42.2 Å². The zero-order valence-electron chi connectivity index (χ0n) is 13.1. The molecule has 2 aromatic rings. The molecule has 0 aliphatic heterocycles. The molecular formula is C17H19N5O. The summed E-state index contributed by atoms with van der Waals surface area (Å²) in [5.41, 5.74) is 1.50. The first-order chi connectivity index (χ1) is 11.2. The van der Waals surface area contributed by atoms with Gasteiger partial charge in [-0.3, -0.25) is 4.79 Å². The molecule has 1 aromatic carbocycles. The van der Waals surface area contributed by atoms with Crippen LogP contribution in [-0.4, -0.2) is 38.4 Å². The fraction of sp³-hybridized carbons (Fsp3) is 0.412. The molecule has 1 fully saturated rings. The number of nitrogens with zero attached hydrogens (tertiary/aromatic N) is 5. The number of aromatic nitrogens is 3. The number of nitriles is 1. The Kier molecular flexibility index (Phi) is 4.38. The number of amides is 1. The van der Waals surface area contributed by atoms with Crippen LogP contribution in [0, 0.1) is 17.2 Å². The first-order valence-electron chi connectivity index (χ1n) is 7.85. The zero-order valence-corrected chi connectivity index (χ0v) is 13.1. The highest BCUT2D eigenvalue weighted by Gasteiger charge is 2.34. The van der Waals surface area contributed by atoms with Crippen LogP contribution in [0.1, 0.15) is 36.5 Å². The molecule has 1 saturated carbocycles. The van der Waals surface area contributed by atoms with Crippen molar-refractivity contribution >= 4 is 5.91 Å². The Balaban J connectivity index is 1.77. The summed E-state index contributed by atoms with van der Waals surface area (Å²) in [4.78, 5) is 14.6. The lowest BCUT2D eigenvalue weighted by Crippen LogP contribution is -2.40. The van der Waals surface area contributed by atoms with E-state index < -0.39 is 0 Å². The molecule has 1 unspecified atom stereocenters. The minimum Gasteiger partial charge on any atom is -0.335 e. The van der Waals surface area contributed by atoms with E-state index in [0.717, 1.165) is 5.69 Å². The molecule has 3 rings (SSSR count). The van der Waals surface area contributed by atoms with E-state index in [1.54, 1.807) is 29.2 Å². The first-order valence-corrected chi connectivity index (χ1v) is 7.85. The van der Waals surface area contributed by atoms with Gasteiger partial charge in [-0.25, -0.2) is 4.68 Å². The molecule has 1 amide bonds. The van der Waals surface area contributed by atoms with Crippen molar-refractivity contribution in [3.8, 4) is 11.8 Å². The summed E-state index contributed by atoms with van der Waals surface area (Å²) in [5, 5.41) is 16.5. The van der Waals surface area contributed by atoms with Crippen LogP contribution in [0.5, 0.6) is 0 Å². The molecule has 1 aliphatic rings. The normalized spacial score (nSPS) is 15.0. The largest absolute Gasteiger partial charge is 0.335 e. The fourth-order valence-electron chi connectivity index (χ4n) is 2.76. The van der Waals surface area contributed by atoms with Crippen LogP contribution < -0.4 is 0 Å². The second kappa shape index (κ2) is 6.61. The van der Waals surface area contributed by atoms with Crippen molar-refractivity contribution < 1.29 is 4.79 Å². The SMILES string of the molecule is CC(C1CC1)N(CCC#N)C(=O)c1ccc(-n2ccnn2)cc1. The summed E-state index contributed by atoms with van der Waals surface area (Å²) in [6, 6.07) is 9.63.